The van der Waals surface area contributed by atoms with Crippen LogP contribution in [0.2, 0.25) is 0 Å². The predicted octanol–water partition coefficient (Wildman–Crippen LogP) is 1.51. The highest BCUT2D eigenvalue weighted by Crippen LogP contribution is 2.12. The molecule has 0 saturated heterocycles. The van der Waals surface area contributed by atoms with Crippen molar-refractivity contribution in [1.29, 1.82) is 0 Å². The molecule has 1 amide bonds. The second-order valence-corrected chi connectivity index (χ2v) is 3.87. The number of amides is 1. The lowest BCUT2D eigenvalue weighted by Crippen LogP contribution is -2.13. The van der Waals surface area contributed by atoms with Crippen LogP contribution in [0.5, 0.6) is 5.75 Å². The highest BCUT2D eigenvalue weighted by atomic mass is 16.5. The molecule has 20 heavy (non-hydrogen) atoms. The maximum Gasteiger partial charge on any atom is 0.270 e. The largest absolute Gasteiger partial charge is 0.494 e. The fourth-order valence-corrected chi connectivity index (χ4v) is 1.53. The number of carbonyl (C=O) groups excluding carboxylic acids is 1. The van der Waals surface area contributed by atoms with Gasteiger partial charge in [0, 0.05) is 5.56 Å². The third-order valence-corrected chi connectivity index (χ3v) is 2.40. The van der Waals surface area contributed by atoms with E-state index in [2.05, 4.69) is 27.3 Å². The van der Waals surface area contributed by atoms with Crippen molar-refractivity contribution < 1.29 is 9.53 Å². The van der Waals surface area contributed by atoms with Crippen molar-refractivity contribution in [3.63, 3.8) is 0 Å². The van der Waals surface area contributed by atoms with Crippen molar-refractivity contribution >= 4 is 11.9 Å². The summed E-state index contributed by atoms with van der Waals surface area (Å²) in [5.74, 6) is 0.580. The molecule has 104 valence electrons. The zero-order valence-electron chi connectivity index (χ0n) is 11.1. The number of allylic oxidation sites excluding steroid dienone is 1. The number of carbonyl (C=O) groups is 1. The summed E-state index contributed by atoms with van der Waals surface area (Å²) in [6.45, 7) is 6.49. The van der Waals surface area contributed by atoms with Crippen LogP contribution in [0.25, 0.3) is 0 Å². The minimum Gasteiger partial charge on any atom is -0.494 e. The zero-order chi connectivity index (χ0) is 14.4. The Kier molecular flexibility index (Phi) is 4.43. The van der Waals surface area contributed by atoms with E-state index in [1.807, 2.05) is 6.92 Å². The molecule has 2 rings (SSSR count). The number of hydrogen-bond acceptors (Lipinski definition) is 5. The fourth-order valence-electron chi connectivity index (χ4n) is 1.53. The summed E-state index contributed by atoms with van der Waals surface area (Å²) in [4.78, 5) is 13.3. The topological polar surface area (TPSA) is 81.9 Å². The minimum absolute atomic E-state index is 0.158. The van der Waals surface area contributed by atoms with Crippen LogP contribution in [0, 0.1) is 0 Å². The van der Waals surface area contributed by atoms with E-state index in [1.165, 1.54) is 4.80 Å². The van der Waals surface area contributed by atoms with Crippen molar-refractivity contribution in [2.45, 2.75) is 13.5 Å². The van der Waals surface area contributed by atoms with E-state index in [-0.39, 0.29) is 11.9 Å². The first-order valence-electron chi connectivity index (χ1n) is 6.16. The first-order chi connectivity index (χ1) is 9.72. The molecule has 1 aromatic heterocycles. The van der Waals surface area contributed by atoms with E-state index in [0.717, 1.165) is 5.75 Å². The summed E-state index contributed by atoms with van der Waals surface area (Å²) in [7, 11) is 0. The summed E-state index contributed by atoms with van der Waals surface area (Å²) in [6, 6.07) is 6.82. The molecule has 7 heteroatoms. The van der Waals surface area contributed by atoms with E-state index >= 15 is 0 Å². The SMILES string of the molecule is C=CCn1nnc(NC(=O)c2ccc(OCC)cc2)n1. The van der Waals surface area contributed by atoms with Gasteiger partial charge in [0.2, 0.25) is 0 Å². The molecule has 0 atom stereocenters. The van der Waals surface area contributed by atoms with Gasteiger partial charge in [-0.05, 0) is 36.4 Å². The van der Waals surface area contributed by atoms with Gasteiger partial charge < -0.3 is 4.74 Å². The van der Waals surface area contributed by atoms with Gasteiger partial charge in [-0.15, -0.1) is 11.7 Å². The van der Waals surface area contributed by atoms with Crippen molar-refractivity contribution in [1.82, 2.24) is 20.2 Å². The van der Waals surface area contributed by atoms with Gasteiger partial charge in [-0.2, -0.15) is 4.80 Å². The van der Waals surface area contributed by atoms with Gasteiger partial charge in [0.15, 0.2) is 0 Å². The first-order valence-corrected chi connectivity index (χ1v) is 6.16. The average molecular weight is 273 g/mol. The Balaban J connectivity index is 2.01. The molecular weight excluding hydrogens is 258 g/mol. The second kappa shape index (κ2) is 6.46. The molecule has 1 heterocycles. The van der Waals surface area contributed by atoms with Crippen LogP contribution >= 0.6 is 0 Å². The van der Waals surface area contributed by atoms with E-state index in [1.54, 1.807) is 30.3 Å². The van der Waals surface area contributed by atoms with E-state index in [4.69, 9.17) is 4.74 Å². The van der Waals surface area contributed by atoms with Crippen LogP contribution in [0.4, 0.5) is 5.95 Å². The first kappa shape index (κ1) is 13.7. The number of aromatic nitrogens is 4. The van der Waals surface area contributed by atoms with E-state index in [9.17, 15) is 4.79 Å². The summed E-state index contributed by atoms with van der Waals surface area (Å²) in [5, 5.41) is 14.0. The molecule has 0 radical (unpaired) electrons. The van der Waals surface area contributed by atoms with E-state index in [0.29, 0.717) is 18.7 Å². The Morgan fingerprint density at radius 1 is 1.45 bits per heavy atom. The normalized spacial score (nSPS) is 10.1. The molecule has 0 unspecified atom stereocenters. The minimum atomic E-state index is -0.300. The van der Waals surface area contributed by atoms with Crippen LogP contribution in [-0.4, -0.2) is 32.7 Å². The summed E-state index contributed by atoms with van der Waals surface area (Å²) < 4.78 is 5.31. The zero-order valence-corrected chi connectivity index (χ0v) is 11.1. The predicted molar refractivity (Wildman–Crippen MR) is 73.6 cm³/mol. The average Bonchev–Trinajstić information content (AvgIpc) is 2.88. The number of ether oxygens (including phenoxy) is 1. The van der Waals surface area contributed by atoms with Crippen LogP contribution in [0.1, 0.15) is 17.3 Å². The van der Waals surface area contributed by atoms with E-state index < -0.39 is 0 Å². The van der Waals surface area contributed by atoms with Crippen molar-refractivity contribution in [2.24, 2.45) is 0 Å². The Hall–Kier alpha value is -2.70. The maximum absolute atomic E-state index is 12.0. The molecular formula is C13H15N5O2. The molecule has 2 aromatic rings. The van der Waals surface area contributed by atoms with Crippen LogP contribution in [0.15, 0.2) is 36.9 Å². The molecule has 0 spiro atoms. The standard InChI is InChI=1S/C13H15N5O2/c1-3-9-18-16-13(15-17-18)14-12(19)10-5-7-11(8-6-10)20-4-2/h3,5-8H,1,4,9H2,2H3,(H,14,16,19). The molecule has 7 nitrogen and oxygen atoms in total. The van der Waals surface area contributed by atoms with Gasteiger partial charge in [-0.3, -0.25) is 10.1 Å². The van der Waals surface area contributed by atoms with Gasteiger partial charge >= 0.3 is 0 Å². The quantitative estimate of drug-likeness (QED) is 0.807. The Labute approximate surface area is 116 Å². The molecule has 1 aromatic carbocycles. The second-order valence-electron chi connectivity index (χ2n) is 3.87. The summed E-state index contributed by atoms with van der Waals surface area (Å²) >= 11 is 0. The third kappa shape index (κ3) is 3.41. The number of rotatable bonds is 6. The highest BCUT2D eigenvalue weighted by molar-refractivity contribution is 6.03. The lowest BCUT2D eigenvalue weighted by molar-refractivity contribution is 0.102. The maximum atomic E-state index is 12.0. The summed E-state index contributed by atoms with van der Waals surface area (Å²) in [6.07, 6.45) is 1.64. The van der Waals surface area contributed by atoms with Crippen molar-refractivity contribution in [3.8, 4) is 5.75 Å². The molecule has 1 N–H and O–H groups in total. The number of tetrazole rings is 1. The smallest absolute Gasteiger partial charge is 0.270 e. The number of benzene rings is 1. The number of nitrogens with one attached hydrogen (secondary N) is 1. The lowest BCUT2D eigenvalue weighted by Gasteiger charge is -2.04. The molecule has 0 aliphatic heterocycles. The molecule has 0 bridgehead atoms. The van der Waals surface area contributed by atoms with Crippen molar-refractivity contribution in [3.05, 3.63) is 42.5 Å². The highest BCUT2D eigenvalue weighted by Gasteiger charge is 2.09. The van der Waals surface area contributed by atoms with Crippen LogP contribution in [-0.2, 0) is 6.54 Å². The number of nitrogens with zero attached hydrogens (tertiary/aromatic N) is 4. The Morgan fingerprint density at radius 3 is 2.85 bits per heavy atom. The van der Waals surface area contributed by atoms with Gasteiger partial charge in [0.05, 0.1) is 13.2 Å². The monoisotopic (exact) mass is 273 g/mol. The van der Waals surface area contributed by atoms with Gasteiger partial charge in [-0.1, -0.05) is 11.2 Å². The molecule has 0 aliphatic rings. The Morgan fingerprint density at radius 2 is 2.20 bits per heavy atom. The molecule has 0 aliphatic carbocycles. The van der Waals surface area contributed by atoms with Crippen LogP contribution < -0.4 is 10.1 Å². The Bertz CT molecular complexity index is 591. The van der Waals surface area contributed by atoms with Gasteiger partial charge in [0.25, 0.3) is 11.9 Å². The number of anilines is 1. The van der Waals surface area contributed by atoms with Crippen molar-refractivity contribution in [2.75, 3.05) is 11.9 Å². The molecule has 0 saturated carbocycles. The third-order valence-electron chi connectivity index (χ3n) is 2.40. The fraction of sp³-hybridized carbons (Fsp3) is 0.231. The van der Waals surface area contributed by atoms with Gasteiger partial charge in [-0.25, -0.2) is 0 Å². The van der Waals surface area contributed by atoms with Crippen LogP contribution in [0.3, 0.4) is 0 Å². The van der Waals surface area contributed by atoms with Gasteiger partial charge in [0.1, 0.15) is 5.75 Å². The summed E-state index contributed by atoms with van der Waals surface area (Å²) in [5.41, 5.74) is 0.494. The lowest BCUT2D eigenvalue weighted by atomic mass is 10.2. The molecule has 0 fully saturated rings. The number of hydrogen-bond donors (Lipinski definition) is 1.